The number of amides is 1. The molecule has 2 aliphatic heterocycles. The van der Waals surface area contributed by atoms with Crippen molar-refractivity contribution >= 4 is 11.9 Å². The third-order valence-electron chi connectivity index (χ3n) is 5.44. The summed E-state index contributed by atoms with van der Waals surface area (Å²) in [5.41, 5.74) is 1.87. The van der Waals surface area contributed by atoms with E-state index in [0.29, 0.717) is 50.1 Å². The Labute approximate surface area is 172 Å². The zero-order valence-corrected chi connectivity index (χ0v) is 16.2. The van der Waals surface area contributed by atoms with E-state index >= 15 is 0 Å². The molecule has 1 fully saturated rings. The summed E-state index contributed by atoms with van der Waals surface area (Å²) in [7, 11) is 0. The maximum Gasteiger partial charge on any atom is 0.276 e. The number of nitrogens with zero attached hydrogens (tertiary/aromatic N) is 7. The topological polar surface area (TPSA) is 89.3 Å². The first-order valence-electron chi connectivity index (χ1n) is 9.80. The third kappa shape index (κ3) is 3.50. The van der Waals surface area contributed by atoms with Gasteiger partial charge in [0.25, 0.3) is 5.91 Å². The second-order valence-corrected chi connectivity index (χ2v) is 7.25. The number of piperazine rings is 1. The van der Waals surface area contributed by atoms with Crippen molar-refractivity contribution in [2.45, 2.75) is 19.3 Å². The average molecular weight is 409 g/mol. The van der Waals surface area contributed by atoms with Gasteiger partial charge in [0.05, 0.1) is 18.8 Å². The van der Waals surface area contributed by atoms with E-state index in [4.69, 9.17) is 4.74 Å². The van der Waals surface area contributed by atoms with Gasteiger partial charge >= 0.3 is 0 Å². The number of rotatable bonds is 3. The summed E-state index contributed by atoms with van der Waals surface area (Å²) in [6.07, 6.45) is 3.17. The fourth-order valence-electron chi connectivity index (χ4n) is 3.77. The first-order chi connectivity index (χ1) is 14.7. The minimum absolute atomic E-state index is 0.145. The molecule has 0 unspecified atom stereocenters. The Morgan fingerprint density at radius 1 is 1.07 bits per heavy atom. The van der Waals surface area contributed by atoms with Gasteiger partial charge in [-0.2, -0.15) is 0 Å². The quantitative estimate of drug-likeness (QED) is 0.647. The molecule has 1 amide bonds. The van der Waals surface area contributed by atoms with Gasteiger partial charge in [0, 0.05) is 38.6 Å². The molecule has 0 N–H and O–H groups in total. The van der Waals surface area contributed by atoms with Crippen molar-refractivity contribution in [3.63, 3.8) is 0 Å². The molecule has 0 saturated carbocycles. The lowest BCUT2D eigenvalue weighted by atomic mass is 10.1. The molecule has 9 nitrogen and oxygen atoms in total. The van der Waals surface area contributed by atoms with Crippen molar-refractivity contribution in [3.05, 3.63) is 65.5 Å². The van der Waals surface area contributed by atoms with E-state index in [1.807, 2.05) is 0 Å². The molecule has 154 valence electrons. The molecule has 1 aromatic carbocycles. The Kier molecular flexibility index (Phi) is 4.83. The van der Waals surface area contributed by atoms with Crippen LogP contribution in [-0.4, -0.2) is 61.9 Å². The molecule has 4 heterocycles. The van der Waals surface area contributed by atoms with Gasteiger partial charge in [-0.25, -0.2) is 19.0 Å². The highest BCUT2D eigenvalue weighted by Gasteiger charge is 2.31. The predicted octanol–water partition coefficient (Wildman–Crippen LogP) is 1.44. The largest absolute Gasteiger partial charge is 0.365 e. The van der Waals surface area contributed by atoms with Crippen LogP contribution >= 0.6 is 0 Å². The van der Waals surface area contributed by atoms with Crippen molar-refractivity contribution in [2.75, 3.05) is 31.1 Å². The number of fused-ring (bicyclic) bond motifs is 1. The van der Waals surface area contributed by atoms with Crippen LogP contribution in [0.4, 0.5) is 10.3 Å². The summed E-state index contributed by atoms with van der Waals surface area (Å²) in [6.45, 7) is 3.09. The fraction of sp³-hybridized carbons (Fsp3) is 0.350. The Morgan fingerprint density at radius 2 is 1.80 bits per heavy atom. The molecule has 10 heteroatoms. The Balaban J connectivity index is 1.26. The smallest absolute Gasteiger partial charge is 0.276 e. The standard InChI is InChI=1S/C20H20FN7O2/c21-15-4-2-14(3-5-15)17-12-28-16(13-30-17)18(24-25-28)19(29)26-8-10-27(11-9-26)20-22-6-1-7-23-20/h1-7,17H,8-13H2/t17-/m1/s1. The molecule has 5 rings (SSSR count). The van der Waals surface area contributed by atoms with Crippen LogP contribution in [0.1, 0.15) is 27.8 Å². The van der Waals surface area contributed by atoms with Gasteiger partial charge in [-0.1, -0.05) is 17.3 Å². The van der Waals surface area contributed by atoms with E-state index in [1.165, 1.54) is 12.1 Å². The monoisotopic (exact) mass is 409 g/mol. The molecule has 2 aliphatic rings. The lowest BCUT2D eigenvalue weighted by molar-refractivity contribution is -0.00199. The van der Waals surface area contributed by atoms with Crippen LogP contribution in [0.5, 0.6) is 0 Å². The number of aromatic nitrogens is 5. The summed E-state index contributed by atoms with van der Waals surface area (Å²) in [5, 5.41) is 8.30. The van der Waals surface area contributed by atoms with Gasteiger partial charge in [0.15, 0.2) is 5.69 Å². The Morgan fingerprint density at radius 3 is 2.53 bits per heavy atom. The fourth-order valence-corrected chi connectivity index (χ4v) is 3.77. The SMILES string of the molecule is O=C(c1nnn2c1CO[C@@H](c1ccc(F)cc1)C2)N1CCN(c2ncccn2)CC1. The first-order valence-corrected chi connectivity index (χ1v) is 9.80. The number of ether oxygens (including phenoxy) is 1. The van der Waals surface area contributed by atoms with Crippen LogP contribution < -0.4 is 4.90 Å². The van der Waals surface area contributed by atoms with Crippen molar-refractivity contribution in [2.24, 2.45) is 0 Å². The van der Waals surface area contributed by atoms with Crippen LogP contribution in [0.2, 0.25) is 0 Å². The van der Waals surface area contributed by atoms with Crippen LogP contribution in [0.25, 0.3) is 0 Å². The molecule has 1 saturated heterocycles. The van der Waals surface area contributed by atoms with E-state index in [0.717, 1.165) is 5.56 Å². The maximum atomic E-state index is 13.2. The van der Waals surface area contributed by atoms with E-state index in [2.05, 4.69) is 25.2 Å². The number of halogens is 1. The molecule has 2 aromatic heterocycles. The van der Waals surface area contributed by atoms with Crippen molar-refractivity contribution in [1.29, 1.82) is 0 Å². The lowest BCUT2D eigenvalue weighted by Crippen LogP contribution is -2.49. The minimum atomic E-state index is -0.289. The Bertz CT molecular complexity index is 1030. The molecule has 0 aliphatic carbocycles. The van der Waals surface area contributed by atoms with E-state index in [-0.39, 0.29) is 24.4 Å². The normalized spacial score (nSPS) is 18.9. The highest BCUT2D eigenvalue weighted by Crippen LogP contribution is 2.27. The number of carbonyl (C=O) groups excluding carboxylic acids is 1. The van der Waals surface area contributed by atoms with Crippen LogP contribution in [0, 0.1) is 5.82 Å². The molecule has 0 spiro atoms. The van der Waals surface area contributed by atoms with Gasteiger partial charge in [-0.05, 0) is 23.8 Å². The van der Waals surface area contributed by atoms with Gasteiger partial charge in [0.1, 0.15) is 11.9 Å². The second-order valence-electron chi connectivity index (χ2n) is 7.25. The van der Waals surface area contributed by atoms with Gasteiger partial charge in [-0.3, -0.25) is 4.79 Å². The third-order valence-corrected chi connectivity index (χ3v) is 5.44. The summed E-state index contributed by atoms with van der Waals surface area (Å²) < 4.78 is 20.8. The van der Waals surface area contributed by atoms with Crippen LogP contribution in [0.3, 0.4) is 0 Å². The summed E-state index contributed by atoms with van der Waals surface area (Å²) in [4.78, 5) is 25.4. The van der Waals surface area contributed by atoms with Gasteiger partial charge in [-0.15, -0.1) is 5.10 Å². The molecular weight excluding hydrogens is 389 g/mol. The number of benzene rings is 1. The zero-order chi connectivity index (χ0) is 20.5. The predicted molar refractivity (Wildman–Crippen MR) is 104 cm³/mol. The highest BCUT2D eigenvalue weighted by molar-refractivity contribution is 5.93. The van der Waals surface area contributed by atoms with Gasteiger partial charge < -0.3 is 14.5 Å². The van der Waals surface area contributed by atoms with E-state index < -0.39 is 0 Å². The molecule has 1 atom stereocenters. The lowest BCUT2D eigenvalue weighted by Gasteiger charge is -2.34. The molecule has 3 aromatic rings. The minimum Gasteiger partial charge on any atom is -0.365 e. The van der Waals surface area contributed by atoms with Crippen molar-refractivity contribution in [1.82, 2.24) is 29.9 Å². The van der Waals surface area contributed by atoms with Crippen molar-refractivity contribution in [3.8, 4) is 0 Å². The van der Waals surface area contributed by atoms with Crippen LogP contribution in [0.15, 0.2) is 42.7 Å². The van der Waals surface area contributed by atoms with Gasteiger partial charge in [0.2, 0.25) is 5.95 Å². The average Bonchev–Trinajstić information content (AvgIpc) is 3.23. The Hall–Kier alpha value is -3.40. The highest BCUT2D eigenvalue weighted by atomic mass is 19.1. The van der Waals surface area contributed by atoms with Crippen LogP contribution in [-0.2, 0) is 17.9 Å². The maximum absolute atomic E-state index is 13.2. The molecular formula is C20H20FN7O2. The molecule has 0 bridgehead atoms. The molecule has 30 heavy (non-hydrogen) atoms. The summed E-state index contributed by atoms with van der Waals surface area (Å²) in [5.74, 6) is 0.238. The number of anilines is 1. The van der Waals surface area contributed by atoms with E-state index in [1.54, 1.807) is 40.2 Å². The molecule has 0 radical (unpaired) electrons. The number of carbonyl (C=O) groups is 1. The zero-order valence-electron chi connectivity index (χ0n) is 16.2. The number of hydrogen-bond acceptors (Lipinski definition) is 7. The summed E-state index contributed by atoms with van der Waals surface area (Å²) >= 11 is 0. The van der Waals surface area contributed by atoms with E-state index in [9.17, 15) is 9.18 Å². The summed E-state index contributed by atoms with van der Waals surface area (Å²) in [6, 6.07) is 7.99. The number of hydrogen-bond donors (Lipinski definition) is 0. The first kappa shape index (κ1) is 18.6. The second kappa shape index (κ2) is 7.79. The van der Waals surface area contributed by atoms with Crippen molar-refractivity contribution < 1.29 is 13.9 Å².